The van der Waals surface area contributed by atoms with Crippen LogP contribution in [0.15, 0.2) is 30.3 Å². The summed E-state index contributed by atoms with van der Waals surface area (Å²) >= 11 is 0. The lowest BCUT2D eigenvalue weighted by atomic mass is 9.99. The highest BCUT2D eigenvalue weighted by Gasteiger charge is 2.17. The van der Waals surface area contributed by atoms with E-state index in [9.17, 15) is 9.59 Å². The quantitative estimate of drug-likeness (QED) is 0.613. The third kappa shape index (κ3) is 8.15. The number of rotatable bonds is 12. The van der Waals surface area contributed by atoms with Crippen LogP contribution in [0.3, 0.4) is 0 Å². The van der Waals surface area contributed by atoms with Gasteiger partial charge in [-0.2, -0.15) is 5.26 Å². The molecule has 0 aliphatic rings. The molecule has 1 N–H and O–H groups in total. The van der Waals surface area contributed by atoms with Gasteiger partial charge in [-0.1, -0.05) is 51.3 Å². The predicted molar refractivity (Wildman–Crippen MR) is 105 cm³/mol. The van der Waals surface area contributed by atoms with Gasteiger partial charge in [0.25, 0.3) is 0 Å². The topological polar surface area (TPSA) is 73.2 Å². The number of nitrogens with one attached hydrogen (secondary N) is 1. The van der Waals surface area contributed by atoms with Crippen molar-refractivity contribution >= 4 is 17.5 Å². The molecule has 142 valence electrons. The molecule has 0 saturated heterocycles. The Morgan fingerprint density at radius 2 is 1.92 bits per heavy atom. The molecular formula is C21H31N3O2. The molecule has 0 saturated carbocycles. The molecule has 26 heavy (non-hydrogen) atoms. The van der Waals surface area contributed by atoms with Gasteiger partial charge in [0, 0.05) is 31.6 Å². The van der Waals surface area contributed by atoms with E-state index in [1.54, 1.807) is 4.90 Å². The molecule has 0 aliphatic heterocycles. The zero-order valence-corrected chi connectivity index (χ0v) is 16.0. The van der Waals surface area contributed by atoms with Crippen LogP contribution >= 0.6 is 0 Å². The van der Waals surface area contributed by atoms with Crippen LogP contribution in [0, 0.1) is 17.2 Å². The third-order valence-electron chi connectivity index (χ3n) is 4.51. The Morgan fingerprint density at radius 1 is 1.19 bits per heavy atom. The number of hydrogen-bond acceptors (Lipinski definition) is 3. The van der Waals surface area contributed by atoms with E-state index in [0.717, 1.165) is 24.9 Å². The number of carbonyl (C=O) groups is 2. The van der Waals surface area contributed by atoms with Crippen molar-refractivity contribution in [3.05, 3.63) is 30.3 Å². The Labute approximate surface area is 157 Å². The Hall–Kier alpha value is -2.35. The average Bonchev–Trinajstić information content (AvgIpc) is 2.67. The van der Waals surface area contributed by atoms with E-state index >= 15 is 0 Å². The maximum absolute atomic E-state index is 12.5. The molecular weight excluding hydrogens is 326 g/mol. The van der Waals surface area contributed by atoms with Gasteiger partial charge in [-0.25, -0.2) is 0 Å². The normalized spacial score (nSPS) is 11.4. The number of nitrogens with zero attached hydrogens (tertiary/aromatic N) is 2. The molecule has 0 fully saturated rings. The highest BCUT2D eigenvalue weighted by molar-refractivity contribution is 5.95. The monoisotopic (exact) mass is 357 g/mol. The van der Waals surface area contributed by atoms with E-state index in [2.05, 4.69) is 25.2 Å². The summed E-state index contributed by atoms with van der Waals surface area (Å²) in [6.07, 6.45) is 5.12. The molecule has 0 aliphatic carbocycles. The number of anilines is 1. The van der Waals surface area contributed by atoms with Gasteiger partial charge in [0.2, 0.25) is 11.8 Å². The molecule has 1 aromatic rings. The van der Waals surface area contributed by atoms with Gasteiger partial charge in [0.1, 0.15) is 0 Å². The first-order valence-corrected chi connectivity index (χ1v) is 9.61. The van der Waals surface area contributed by atoms with E-state index in [1.807, 2.05) is 30.3 Å². The Kier molecular flexibility index (Phi) is 10.8. The number of carbonyl (C=O) groups excluding carboxylic acids is 2. The van der Waals surface area contributed by atoms with Crippen LogP contribution in [-0.2, 0) is 9.59 Å². The number of hydrogen-bond donors (Lipinski definition) is 1. The van der Waals surface area contributed by atoms with E-state index in [0.29, 0.717) is 19.0 Å². The maximum Gasteiger partial charge on any atom is 0.227 e. The zero-order valence-electron chi connectivity index (χ0n) is 16.0. The molecule has 0 bridgehead atoms. The second-order valence-corrected chi connectivity index (χ2v) is 6.51. The number of amides is 2. The molecule has 0 radical (unpaired) electrons. The molecule has 0 heterocycles. The fourth-order valence-electron chi connectivity index (χ4n) is 2.81. The second-order valence-electron chi connectivity index (χ2n) is 6.51. The number of unbranched alkanes of at least 4 members (excludes halogenated alkanes) is 1. The van der Waals surface area contributed by atoms with Gasteiger partial charge in [-0.3, -0.25) is 9.59 Å². The van der Waals surface area contributed by atoms with Gasteiger partial charge in [-0.05, 0) is 24.5 Å². The molecule has 1 rings (SSSR count). The van der Waals surface area contributed by atoms with Crippen molar-refractivity contribution in [3.63, 3.8) is 0 Å². The summed E-state index contributed by atoms with van der Waals surface area (Å²) < 4.78 is 0. The minimum Gasteiger partial charge on any atom is -0.356 e. The highest BCUT2D eigenvalue weighted by Crippen LogP contribution is 2.16. The van der Waals surface area contributed by atoms with Crippen molar-refractivity contribution in [3.8, 4) is 6.07 Å². The van der Waals surface area contributed by atoms with Gasteiger partial charge in [0.15, 0.2) is 0 Å². The lowest BCUT2D eigenvalue weighted by molar-refractivity contribution is -0.125. The molecule has 5 nitrogen and oxygen atoms in total. The standard InChI is InChI=1S/C21H31N3O2/c1-3-5-10-18(4-2)17-23-20(25)13-14-21(26)24(16-9-15-22)19-11-7-6-8-12-19/h6-8,11-12,18H,3-5,9-10,13-14,16-17H2,1-2H3,(H,23,25). The van der Waals surface area contributed by atoms with Crippen molar-refractivity contribution in [2.45, 2.75) is 58.8 Å². The molecule has 1 atom stereocenters. The third-order valence-corrected chi connectivity index (χ3v) is 4.51. The summed E-state index contributed by atoms with van der Waals surface area (Å²) in [6, 6.07) is 11.4. The predicted octanol–water partition coefficient (Wildman–Crippen LogP) is 4.05. The molecule has 1 aromatic carbocycles. The van der Waals surface area contributed by atoms with Crippen LogP contribution in [0.1, 0.15) is 58.8 Å². The summed E-state index contributed by atoms with van der Waals surface area (Å²) in [5, 5.41) is 11.8. The Morgan fingerprint density at radius 3 is 2.54 bits per heavy atom. The fourth-order valence-corrected chi connectivity index (χ4v) is 2.81. The van der Waals surface area contributed by atoms with Crippen molar-refractivity contribution < 1.29 is 9.59 Å². The first-order valence-electron chi connectivity index (χ1n) is 9.61. The van der Waals surface area contributed by atoms with E-state index in [-0.39, 0.29) is 31.1 Å². The first-order chi connectivity index (χ1) is 12.6. The SMILES string of the molecule is CCCCC(CC)CNC(=O)CCC(=O)N(CCC#N)c1ccccc1. The minimum absolute atomic E-state index is 0.0819. The van der Waals surface area contributed by atoms with Gasteiger partial charge in [0.05, 0.1) is 12.5 Å². The fraction of sp³-hybridized carbons (Fsp3) is 0.571. The van der Waals surface area contributed by atoms with E-state index in [4.69, 9.17) is 5.26 Å². The van der Waals surface area contributed by atoms with Crippen LogP contribution in [0.5, 0.6) is 0 Å². The molecule has 1 unspecified atom stereocenters. The summed E-state index contributed by atoms with van der Waals surface area (Å²) in [4.78, 5) is 26.2. The Bertz CT molecular complexity index is 581. The van der Waals surface area contributed by atoms with Crippen LogP contribution in [0.25, 0.3) is 0 Å². The van der Waals surface area contributed by atoms with Gasteiger partial charge < -0.3 is 10.2 Å². The van der Waals surface area contributed by atoms with Crippen LogP contribution in [0.4, 0.5) is 5.69 Å². The smallest absolute Gasteiger partial charge is 0.227 e. The van der Waals surface area contributed by atoms with Crippen molar-refractivity contribution in [1.82, 2.24) is 5.32 Å². The number of nitriles is 1. The molecule has 2 amide bonds. The lowest BCUT2D eigenvalue weighted by Crippen LogP contribution is -2.34. The number of para-hydroxylation sites is 1. The van der Waals surface area contributed by atoms with Gasteiger partial charge in [-0.15, -0.1) is 0 Å². The maximum atomic E-state index is 12.5. The van der Waals surface area contributed by atoms with Crippen molar-refractivity contribution in [1.29, 1.82) is 5.26 Å². The molecule has 5 heteroatoms. The van der Waals surface area contributed by atoms with Crippen molar-refractivity contribution in [2.24, 2.45) is 5.92 Å². The van der Waals surface area contributed by atoms with Gasteiger partial charge >= 0.3 is 0 Å². The largest absolute Gasteiger partial charge is 0.356 e. The zero-order chi connectivity index (χ0) is 19.2. The van der Waals surface area contributed by atoms with Crippen LogP contribution < -0.4 is 10.2 Å². The van der Waals surface area contributed by atoms with E-state index < -0.39 is 0 Å². The van der Waals surface area contributed by atoms with Crippen LogP contribution in [0.2, 0.25) is 0 Å². The average molecular weight is 357 g/mol. The molecule has 0 aromatic heterocycles. The summed E-state index contributed by atoms with van der Waals surface area (Å²) in [5.41, 5.74) is 0.763. The number of benzene rings is 1. The second kappa shape index (κ2) is 12.9. The molecule has 0 spiro atoms. The summed E-state index contributed by atoms with van der Waals surface area (Å²) in [5.74, 6) is 0.298. The van der Waals surface area contributed by atoms with Crippen molar-refractivity contribution in [2.75, 3.05) is 18.0 Å². The summed E-state index contributed by atoms with van der Waals surface area (Å²) in [6.45, 7) is 5.33. The highest BCUT2D eigenvalue weighted by atomic mass is 16.2. The minimum atomic E-state index is -0.125. The Balaban J connectivity index is 2.48. The lowest BCUT2D eigenvalue weighted by Gasteiger charge is -2.22. The van der Waals surface area contributed by atoms with Crippen LogP contribution in [-0.4, -0.2) is 24.9 Å². The van der Waals surface area contributed by atoms with E-state index in [1.165, 1.54) is 6.42 Å². The summed E-state index contributed by atoms with van der Waals surface area (Å²) in [7, 11) is 0. The first kappa shape index (κ1) is 21.7.